The molecule has 1 heterocycles. The first-order valence-corrected chi connectivity index (χ1v) is 9.17. The van der Waals surface area contributed by atoms with E-state index in [1.807, 2.05) is 42.6 Å². The highest BCUT2D eigenvalue weighted by molar-refractivity contribution is 9.10. The van der Waals surface area contributed by atoms with E-state index in [4.69, 9.17) is 11.6 Å². The predicted octanol–water partition coefficient (Wildman–Crippen LogP) is 5.63. The van der Waals surface area contributed by atoms with E-state index in [2.05, 4.69) is 63.1 Å². The molecule has 1 aromatic heterocycles. The molecular formula is C20H19BrClN3. The monoisotopic (exact) mass is 415 g/mol. The molecule has 2 aromatic carbocycles. The highest BCUT2D eigenvalue weighted by Gasteiger charge is 2.11. The number of halogens is 2. The van der Waals surface area contributed by atoms with Gasteiger partial charge in [-0.05, 0) is 65.7 Å². The second-order valence-corrected chi connectivity index (χ2v) is 7.12. The molecule has 5 heteroatoms. The second kappa shape index (κ2) is 7.89. The van der Waals surface area contributed by atoms with Crippen LogP contribution in [0.1, 0.15) is 22.5 Å². The number of benzene rings is 2. The molecule has 0 radical (unpaired) electrons. The minimum absolute atomic E-state index is 0.663. The largest absolute Gasteiger partial charge is 0.317 e. The van der Waals surface area contributed by atoms with Gasteiger partial charge in [0.15, 0.2) is 0 Å². The van der Waals surface area contributed by atoms with Crippen LogP contribution in [0.25, 0.3) is 5.69 Å². The molecule has 0 saturated heterocycles. The SMILES string of the molecule is Cc1cc(/C=N\NCc2ccc(Cl)cc2)c(C)n1-c1ccccc1Br. The molecule has 3 aromatic rings. The third-order valence-corrected chi connectivity index (χ3v) is 4.98. The van der Waals surface area contributed by atoms with E-state index >= 15 is 0 Å². The van der Waals surface area contributed by atoms with Crippen molar-refractivity contribution < 1.29 is 0 Å². The maximum atomic E-state index is 5.89. The van der Waals surface area contributed by atoms with Gasteiger partial charge in [-0.25, -0.2) is 0 Å². The summed E-state index contributed by atoms with van der Waals surface area (Å²) < 4.78 is 3.30. The number of aromatic nitrogens is 1. The Morgan fingerprint density at radius 1 is 1.12 bits per heavy atom. The zero-order valence-corrected chi connectivity index (χ0v) is 16.5. The Morgan fingerprint density at radius 2 is 1.84 bits per heavy atom. The lowest BCUT2D eigenvalue weighted by Crippen LogP contribution is -2.05. The Kier molecular flexibility index (Phi) is 5.61. The zero-order chi connectivity index (χ0) is 17.8. The molecule has 0 aliphatic heterocycles. The predicted molar refractivity (Wildman–Crippen MR) is 109 cm³/mol. The van der Waals surface area contributed by atoms with Gasteiger partial charge in [0, 0.05) is 26.4 Å². The summed E-state index contributed by atoms with van der Waals surface area (Å²) in [6, 6.07) is 18.1. The van der Waals surface area contributed by atoms with Gasteiger partial charge in [0.1, 0.15) is 0 Å². The summed E-state index contributed by atoms with van der Waals surface area (Å²) in [5, 5.41) is 5.10. The van der Waals surface area contributed by atoms with E-state index in [-0.39, 0.29) is 0 Å². The Morgan fingerprint density at radius 3 is 2.56 bits per heavy atom. The number of nitrogens with zero attached hydrogens (tertiary/aromatic N) is 2. The van der Waals surface area contributed by atoms with Gasteiger partial charge in [0.25, 0.3) is 0 Å². The normalized spacial score (nSPS) is 11.2. The van der Waals surface area contributed by atoms with Crippen LogP contribution in [-0.4, -0.2) is 10.8 Å². The fourth-order valence-electron chi connectivity index (χ4n) is 2.78. The van der Waals surface area contributed by atoms with Gasteiger partial charge >= 0.3 is 0 Å². The summed E-state index contributed by atoms with van der Waals surface area (Å²) in [6.45, 7) is 4.87. The molecule has 0 amide bonds. The fourth-order valence-corrected chi connectivity index (χ4v) is 3.36. The van der Waals surface area contributed by atoms with Crippen LogP contribution in [0.2, 0.25) is 5.02 Å². The topological polar surface area (TPSA) is 29.3 Å². The van der Waals surface area contributed by atoms with Crippen LogP contribution < -0.4 is 5.43 Å². The van der Waals surface area contributed by atoms with Crippen molar-refractivity contribution >= 4 is 33.7 Å². The number of hydrazone groups is 1. The summed E-state index contributed by atoms with van der Waals surface area (Å²) in [5.41, 5.74) is 8.77. The van der Waals surface area contributed by atoms with E-state index in [1.165, 1.54) is 5.69 Å². The summed E-state index contributed by atoms with van der Waals surface area (Å²) >= 11 is 9.52. The van der Waals surface area contributed by atoms with Crippen LogP contribution in [0.3, 0.4) is 0 Å². The van der Waals surface area contributed by atoms with Gasteiger partial charge in [0.2, 0.25) is 0 Å². The lowest BCUT2D eigenvalue weighted by Gasteiger charge is -2.11. The van der Waals surface area contributed by atoms with Gasteiger partial charge in [-0.3, -0.25) is 0 Å². The standard InChI is InChI=1S/C20H19BrClN3/c1-14-11-17(13-24-23-12-16-7-9-18(22)10-8-16)15(2)25(14)20-6-4-3-5-19(20)21/h3-11,13,23H,12H2,1-2H3/b24-13-. The maximum absolute atomic E-state index is 5.89. The minimum Gasteiger partial charge on any atom is -0.317 e. The Hall–Kier alpha value is -2.04. The molecule has 0 fully saturated rings. The molecule has 0 saturated carbocycles. The third-order valence-electron chi connectivity index (χ3n) is 4.05. The third kappa shape index (κ3) is 4.14. The van der Waals surface area contributed by atoms with Crippen molar-refractivity contribution in [2.24, 2.45) is 5.10 Å². The molecule has 0 spiro atoms. The van der Waals surface area contributed by atoms with Crippen LogP contribution in [0.15, 0.2) is 64.2 Å². The molecule has 0 aliphatic carbocycles. The fraction of sp³-hybridized carbons (Fsp3) is 0.150. The van der Waals surface area contributed by atoms with E-state index in [1.54, 1.807) is 0 Å². The van der Waals surface area contributed by atoms with Crippen molar-refractivity contribution in [1.82, 2.24) is 9.99 Å². The highest BCUT2D eigenvalue weighted by Crippen LogP contribution is 2.26. The van der Waals surface area contributed by atoms with E-state index in [0.717, 1.165) is 32.0 Å². The van der Waals surface area contributed by atoms with E-state index in [9.17, 15) is 0 Å². The van der Waals surface area contributed by atoms with Crippen molar-refractivity contribution in [2.75, 3.05) is 0 Å². The molecule has 3 nitrogen and oxygen atoms in total. The lowest BCUT2D eigenvalue weighted by atomic mass is 10.2. The van der Waals surface area contributed by atoms with Gasteiger partial charge in [0.05, 0.1) is 18.4 Å². The minimum atomic E-state index is 0.663. The number of aryl methyl sites for hydroxylation is 1. The van der Waals surface area contributed by atoms with Gasteiger partial charge < -0.3 is 9.99 Å². The molecule has 3 rings (SSSR count). The van der Waals surface area contributed by atoms with Crippen molar-refractivity contribution in [3.05, 3.63) is 86.6 Å². The maximum Gasteiger partial charge on any atom is 0.0597 e. The smallest absolute Gasteiger partial charge is 0.0597 e. The summed E-state index contributed by atoms with van der Waals surface area (Å²) in [5.74, 6) is 0. The number of hydrogen-bond acceptors (Lipinski definition) is 2. The van der Waals surface area contributed by atoms with Crippen molar-refractivity contribution in [1.29, 1.82) is 0 Å². The van der Waals surface area contributed by atoms with Crippen LogP contribution in [-0.2, 0) is 6.54 Å². The highest BCUT2D eigenvalue weighted by atomic mass is 79.9. The number of nitrogens with one attached hydrogen (secondary N) is 1. The first-order chi connectivity index (χ1) is 12.1. The quantitative estimate of drug-likeness (QED) is 0.423. The molecular weight excluding hydrogens is 398 g/mol. The molecule has 25 heavy (non-hydrogen) atoms. The number of para-hydroxylation sites is 1. The summed E-state index contributed by atoms with van der Waals surface area (Å²) in [6.07, 6.45) is 1.87. The number of rotatable bonds is 5. The molecule has 128 valence electrons. The Labute approximate surface area is 161 Å². The molecule has 1 N–H and O–H groups in total. The number of hydrogen-bond donors (Lipinski definition) is 1. The van der Waals surface area contributed by atoms with Crippen molar-refractivity contribution in [3.8, 4) is 5.69 Å². The molecule has 0 unspecified atom stereocenters. The first-order valence-electron chi connectivity index (χ1n) is 8.00. The van der Waals surface area contributed by atoms with Gasteiger partial charge in [-0.15, -0.1) is 0 Å². The molecule has 0 aliphatic rings. The summed E-state index contributed by atoms with van der Waals surface area (Å²) in [7, 11) is 0. The van der Waals surface area contributed by atoms with Crippen molar-refractivity contribution in [2.45, 2.75) is 20.4 Å². The van der Waals surface area contributed by atoms with Crippen LogP contribution in [0.5, 0.6) is 0 Å². The zero-order valence-electron chi connectivity index (χ0n) is 14.1. The lowest BCUT2D eigenvalue weighted by molar-refractivity contribution is 0.748. The molecule has 0 bridgehead atoms. The second-order valence-electron chi connectivity index (χ2n) is 5.83. The Bertz CT molecular complexity index is 898. The van der Waals surface area contributed by atoms with Crippen LogP contribution >= 0.6 is 27.5 Å². The van der Waals surface area contributed by atoms with Crippen LogP contribution in [0.4, 0.5) is 0 Å². The van der Waals surface area contributed by atoms with Crippen molar-refractivity contribution in [3.63, 3.8) is 0 Å². The molecule has 0 atom stereocenters. The van der Waals surface area contributed by atoms with E-state index < -0.39 is 0 Å². The Balaban J connectivity index is 1.74. The van der Waals surface area contributed by atoms with Gasteiger partial charge in [-0.2, -0.15) is 5.10 Å². The van der Waals surface area contributed by atoms with Crippen LogP contribution in [0, 0.1) is 13.8 Å². The van der Waals surface area contributed by atoms with E-state index in [0.29, 0.717) is 6.54 Å². The average Bonchev–Trinajstić information content (AvgIpc) is 2.88. The summed E-state index contributed by atoms with van der Waals surface area (Å²) in [4.78, 5) is 0. The first kappa shape index (κ1) is 17.8. The van der Waals surface area contributed by atoms with Gasteiger partial charge in [-0.1, -0.05) is 35.9 Å². The average molecular weight is 417 g/mol.